The zero-order chi connectivity index (χ0) is 7.40. The van der Waals surface area contributed by atoms with Crippen LogP contribution in [0.4, 0.5) is 0 Å². The SMILES string of the molecule is ClC#Cc1ccc(I)cc1. The second-order valence-electron chi connectivity index (χ2n) is 1.73. The third-order valence-corrected chi connectivity index (χ3v) is 1.85. The lowest BCUT2D eigenvalue weighted by Crippen LogP contribution is -1.72. The Morgan fingerprint density at radius 1 is 1.20 bits per heavy atom. The highest BCUT2D eigenvalue weighted by atomic mass is 127. The van der Waals surface area contributed by atoms with Crippen LogP contribution in [0.1, 0.15) is 5.56 Å². The molecule has 0 fully saturated rings. The van der Waals surface area contributed by atoms with Crippen molar-refractivity contribution in [2.24, 2.45) is 0 Å². The maximum Gasteiger partial charge on any atom is 0.0258 e. The number of benzene rings is 1. The molecule has 0 saturated carbocycles. The molecular weight excluding hydrogens is 258 g/mol. The maximum atomic E-state index is 5.21. The summed E-state index contributed by atoms with van der Waals surface area (Å²) in [6.45, 7) is 0. The van der Waals surface area contributed by atoms with Crippen LogP contribution in [-0.4, -0.2) is 0 Å². The summed E-state index contributed by atoms with van der Waals surface area (Å²) in [4.78, 5) is 0. The van der Waals surface area contributed by atoms with E-state index < -0.39 is 0 Å². The summed E-state index contributed by atoms with van der Waals surface area (Å²) >= 11 is 7.46. The molecule has 0 unspecified atom stereocenters. The van der Waals surface area contributed by atoms with E-state index in [-0.39, 0.29) is 0 Å². The predicted octanol–water partition coefficient (Wildman–Crippen LogP) is 2.84. The van der Waals surface area contributed by atoms with Crippen molar-refractivity contribution in [2.75, 3.05) is 0 Å². The van der Waals surface area contributed by atoms with E-state index in [1.807, 2.05) is 24.3 Å². The van der Waals surface area contributed by atoms with Gasteiger partial charge in [0, 0.05) is 14.5 Å². The molecule has 0 radical (unpaired) electrons. The van der Waals surface area contributed by atoms with Gasteiger partial charge in [-0.15, -0.1) is 0 Å². The molecule has 0 N–H and O–H groups in total. The van der Waals surface area contributed by atoms with Crippen LogP contribution >= 0.6 is 34.2 Å². The van der Waals surface area contributed by atoms with Gasteiger partial charge in [-0.3, -0.25) is 0 Å². The number of halogens is 2. The van der Waals surface area contributed by atoms with E-state index in [1.165, 1.54) is 3.57 Å². The van der Waals surface area contributed by atoms with Crippen LogP contribution < -0.4 is 0 Å². The minimum atomic E-state index is 0.954. The minimum Gasteiger partial charge on any atom is -0.0496 e. The molecule has 0 aromatic heterocycles. The molecule has 1 aromatic rings. The molecule has 0 heterocycles. The van der Waals surface area contributed by atoms with E-state index in [0.29, 0.717) is 0 Å². The molecular formula is C8H4ClI. The Morgan fingerprint density at radius 3 is 2.30 bits per heavy atom. The topological polar surface area (TPSA) is 0 Å². The fourth-order valence-electron chi connectivity index (χ4n) is 0.588. The molecule has 1 rings (SSSR count). The van der Waals surface area contributed by atoms with Gasteiger partial charge in [-0.1, -0.05) is 0 Å². The van der Waals surface area contributed by atoms with Crippen LogP contribution in [0, 0.1) is 14.9 Å². The van der Waals surface area contributed by atoms with E-state index >= 15 is 0 Å². The highest BCUT2D eigenvalue weighted by molar-refractivity contribution is 14.1. The normalized spacial score (nSPS) is 8.20. The number of hydrogen-bond acceptors (Lipinski definition) is 0. The summed E-state index contributed by atoms with van der Waals surface area (Å²) in [6, 6.07) is 7.88. The summed E-state index contributed by atoms with van der Waals surface area (Å²) in [5.74, 6) is 2.75. The number of hydrogen-bond donors (Lipinski definition) is 0. The summed E-state index contributed by atoms with van der Waals surface area (Å²) < 4.78 is 1.21. The molecule has 0 aliphatic carbocycles. The Labute approximate surface area is 78.7 Å². The summed E-state index contributed by atoms with van der Waals surface area (Å²) in [5, 5.41) is 2.32. The molecule has 0 saturated heterocycles. The van der Waals surface area contributed by atoms with Crippen molar-refractivity contribution < 1.29 is 0 Å². The molecule has 10 heavy (non-hydrogen) atoms. The van der Waals surface area contributed by atoms with Gasteiger partial charge >= 0.3 is 0 Å². The molecule has 0 nitrogen and oxygen atoms in total. The van der Waals surface area contributed by atoms with E-state index in [9.17, 15) is 0 Å². The van der Waals surface area contributed by atoms with Crippen molar-refractivity contribution >= 4 is 34.2 Å². The van der Waals surface area contributed by atoms with Crippen molar-refractivity contribution in [3.63, 3.8) is 0 Å². The van der Waals surface area contributed by atoms with Crippen LogP contribution in [0.3, 0.4) is 0 Å². The predicted molar refractivity (Wildman–Crippen MR) is 51.9 cm³/mol. The highest BCUT2D eigenvalue weighted by Crippen LogP contribution is 2.05. The number of rotatable bonds is 0. The van der Waals surface area contributed by atoms with Crippen molar-refractivity contribution in [1.29, 1.82) is 0 Å². The Morgan fingerprint density at radius 2 is 1.80 bits per heavy atom. The van der Waals surface area contributed by atoms with Crippen molar-refractivity contribution in [3.05, 3.63) is 33.4 Å². The van der Waals surface area contributed by atoms with Gasteiger partial charge in [0.2, 0.25) is 0 Å². The van der Waals surface area contributed by atoms with E-state index in [4.69, 9.17) is 11.6 Å². The fraction of sp³-hybridized carbons (Fsp3) is 0. The third-order valence-electron chi connectivity index (χ3n) is 1.04. The van der Waals surface area contributed by atoms with Gasteiger partial charge in [0.15, 0.2) is 0 Å². The highest BCUT2D eigenvalue weighted by Gasteiger charge is 1.85. The van der Waals surface area contributed by atoms with Gasteiger partial charge in [0.25, 0.3) is 0 Å². The largest absolute Gasteiger partial charge is 0.0496 e. The molecule has 0 aliphatic heterocycles. The molecule has 0 spiro atoms. The summed E-state index contributed by atoms with van der Waals surface area (Å²) in [6.07, 6.45) is 0. The lowest BCUT2D eigenvalue weighted by molar-refractivity contribution is 1.60. The molecule has 0 atom stereocenters. The molecule has 1 aromatic carbocycles. The fourth-order valence-corrected chi connectivity index (χ4v) is 1.06. The van der Waals surface area contributed by atoms with Gasteiger partial charge in [-0.05, 0) is 64.4 Å². The first-order chi connectivity index (χ1) is 4.83. The van der Waals surface area contributed by atoms with E-state index in [2.05, 4.69) is 33.9 Å². The van der Waals surface area contributed by atoms with E-state index in [0.717, 1.165) is 5.56 Å². The second kappa shape index (κ2) is 3.85. The van der Waals surface area contributed by atoms with Gasteiger partial charge in [-0.2, -0.15) is 0 Å². The van der Waals surface area contributed by atoms with Crippen LogP contribution in [0.5, 0.6) is 0 Å². The van der Waals surface area contributed by atoms with Crippen LogP contribution in [0.2, 0.25) is 0 Å². The summed E-state index contributed by atoms with van der Waals surface area (Å²) in [7, 11) is 0. The lowest BCUT2D eigenvalue weighted by atomic mass is 10.2. The zero-order valence-corrected chi connectivity index (χ0v) is 7.98. The van der Waals surface area contributed by atoms with Crippen LogP contribution in [0.25, 0.3) is 0 Å². The van der Waals surface area contributed by atoms with Gasteiger partial charge in [-0.25, -0.2) is 0 Å². The molecule has 0 bridgehead atoms. The van der Waals surface area contributed by atoms with E-state index in [1.54, 1.807) is 0 Å². The zero-order valence-electron chi connectivity index (χ0n) is 5.07. The average Bonchev–Trinajstić information content (AvgIpc) is 1.95. The Hall–Kier alpha value is -0.200. The lowest BCUT2D eigenvalue weighted by Gasteiger charge is -1.88. The van der Waals surface area contributed by atoms with Crippen molar-refractivity contribution in [3.8, 4) is 11.3 Å². The van der Waals surface area contributed by atoms with Gasteiger partial charge < -0.3 is 0 Å². The first kappa shape index (κ1) is 7.90. The third kappa shape index (κ3) is 2.20. The minimum absolute atomic E-state index is 0.954. The second-order valence-corrected chi connectivity index (χ2v) is 3.16. The maximum absolute atomic E-state index is 5.21. The Bertz CT molecular complexity index is 266. The molecule has 0 amide bonds. The van der Waals surface area contributed by atoms with Crippen LogP contribution in [0.15, 0.2) is 24.3 Å². The monoisotopic (exact) mass is 262 g/mol. The standard InChI is InChI=1S/C8H4ClI/c9-6-5-7-1-3-8(10)4-2-7/h1-4H. The first-order valence-electron chi connectivity index (χ1n) is 2.70. The molecule has 50 valence electrons. The first-order valence-corrected chi connectivity index (χ1v) is 4.16. The van der Waals surface area contributed by atoms with Crippen molar-refractivity contribution in [1.82, 2.24) is 0 Å². The van der Waals surface area contributed by atoms with Crippen LogP contribution in [-0.2, 0) is 0 Å². The van der Waals surface area contributed by atoms with Crippen molar-refractivity contribution in [2.45, 2.75) is 0 Å². The van der Waals surface area contributed by atoms with Gasteiger partial charge in [0.05, 0.1) is 0 Å². The molecule has 2 heteroatoms. The average molecular weight is 262 g/mol. The molecule has 0 aliphatic rings. The Kier molecular flexibility index (Phi) is 3.04. The van der Waals surface area contributed by atoms with Gasteiger partial charge in [0.1, 0.15) is 0 Å². The summed E-state index contributed by atoms with van der Waals surface area (Å²) in [5.41, 5.74) is 0.954. The Balaban J connectivity index is 2.97. The smallest absolute Gasteiger partial charge is 0.0258 e. The quantitative estimate of drug-likeness (QED) is 0.498.